The number of nitrogens with one attached hydrogen (secondary N) is 1. The molecule has 198 valence electrons. The standard InChI is InChI=1S/C26H23F3N4O5/c27-26(28,29)24(36)38-23(35)16-4-6-17(7-5-16)31-12-8-18(9-13-31)32-14-10-19-20(32)2-1-3-21(19)33-15-11-22(34)30-25(33)37/h1-7,10,14,18H,8-9,11-13,15H2,(H,30,34,37). The van der Waals surface area contributed by atoms with Crippen molar-refractivity contribution in [2.24, 2.45) is 0 Å². The minimum Gasteiger partial charge on any atom is -0.383 e. The van der Waals surface area contributed by atoms with Crippen LogP contribution in [0.15, 0.2) is 54.7 Å². The Morgan fingerprint density at radius 2 is 1.66 bits per heavy atom. The van der Waals surface area contributed by atoms with Gasteiger partial charge in [-0.15, -0.1) is 0 Å². The van der Waals surface area contributed by atoms with Crippen LogP contribution in [-0.4, -0.2) is 54.3 Å². The van der Waals surface area contributed by atoms with E-state index in [4.69, 9.17) is 0 Å². The van der Waals surface area contributed by atoms with Crippen molar-refractivity contribution < 1.29 is 37.1 Å². The first kappa shape index (κ1) is 25.3. The van der Waals surface area contributed by atoms with Crippen LogP contribution in [0, 0.1) is 0 Å². The maximum absolute atomic E-state index is 12.4. The van der Waals surface area contributed by atoms with Gasteiger partial charge in [-0.2, -0.15) is 13.2 Å². The molecular formula is C26H23F3N4O5. The predicted molar refractivity (Wildman–Crippen MR) is 131 cm³/mol. The third kappa shape index (κ3) is 4.93. The predicted octanol–water partition coefficient (Wildman–Crippen LogP) is 4.17. The summed E-state index contributed by atoms with van der Waals surface area (Å²) in [5.74, 6) is -4.19. The van der Waals surface area contributed by atoms with Crippen molar-refractivity contribution in [2.75, 3.05) is 29.4 Å². The lowest BCUT2D eigenvalue weighted by Crippen LogP contribution is -2.49. The summed E-state index contributed by atoms with van der Waals surface area (Å²) < 4.78 is 43.0. The molecule has 0 atom stereocenters. The number of anilines is 2. The number of aromatic nitrogens is 1. The lowest BCUT2D eigenvalue weighted by molar-refractivity contribution is -0.193. The van der Waals surface area contributed by atoms with E-state index in [1.807, 2.05) is 30.5 Å². The lowest BCUT2D eigenvalue weighted by Gasteiger charge is -2.35. The number of hydrogen-bond donors (Lipinski definition) is 1. The smallest absolute Gasteiger partial charge is 0.383 e. The van der Waals surface area contributed by atoms with Crippen LogP contribution >= 0.6 is 0 Å². The van der Waals surface area contributed by atoms with E-state index in [2.05, 4.69) is 19.5 Å². The van der Waals surface area contributed by atoms with Crippen LogP contribution in [0.2, 0.25) is 0 Å². The number of carbonyl (C=O) groups is 4. The number of fused-ring (bicyclic) bond motifs is 1. The second-order valence-electron chi connectivity index (χ2n) is 9.13. The number of urea groups is 1. The quantitative estimate of drug-likeness (QED) is 0.403. The van der Waals surface area contributed by atoms with Gasteiger partial charge in [0.1, 0.15) is 0 Å². The number of nitrogens with zero attached hydrogens (tertiary/aromatic N) is 3. The second kappa shape index (κ2) is 9.84. The Morgan fingerprint density at radius 3 is 2.32 bits per heavy atom. The van der Waals surface area contributed by atoms with E-state index in [1.165, 1.54) is 12.1 Å². The molecule has 2 aliphatic heterocycles. The van der Waals surface area contributed by atoms with E-state index in [0.29, 0.717) is 19.6 Å². The van der Waals surface area contributed by atoms with Crippen LogP contribution < -0.4 is 15.1 Å². The number of esters is 2. The summed E-state index contributed by atoms with van der Waals surface area (Å²) in [5.41, 5.74) is 2.39. The Balaban J connectivity index is 1.25. The Morgan fingerprint density at radius 1 is 0.947 bits per heavy atom. The van der Waals surface area contributed by atoms with E-state index >= 15 is 0 Å². The van der Waals surface area contributed by atoms with Crippen LogP contribution in [0.5, 0.6) is 0 Å². The van der Waals surface area contributed by atoms with Gasteiger partial charge in [0.25, 0.3) is 0 Å². The molecule has 3 aromatic rings. The summed E-state index contributed by atoms with van der Waals surface area (Å²) in [4.78, 5) is 50.3. The summed E-state index contributed by atoms with van der Waals surface area (Å²) in [6.45, 7) is 1.73. The zero-order valence-electron chi connectivity index (χ0n) is 20.0. The molecule has 0 saturated carbocycles. The highest BCUT2D eigenvalue weighted by Gasteiger charge is 2.42. The molecule has 12 heteroatoms. The van der Waals surface area contributed by atoms with Crippen LogP contribution in [-0.2, 0) is 14.3 Å². The molecule has 38 heavy (non-hydrogen) atoms. The van der Waals surface area contributed by atoms with E-state index < -0.39 is 24.1 Å². The van der Waals surface area contributed by atoms with Gasteiger partial charge in [0.15, 0.2) is 0 Å². The molecule has 0 bridgehead atoms. The minimum absolute atomic E-state index is 0.150. The minimum atomic E-state index is -5.24. The molecule has 5 rings (SSSR count). The third-order valence-electron chi connectivity index (χ3n) is 6.83. The van der Waals surface area contributed by atoms with E-state index in [9.17, 15) is 32.3 Å². The first-order valence-electron chi connectivity index (χ1n) is 12.0. The van der Waals surface area contributed by atoms with Gasteiger partial charge >= 0.3 is 24.1 Å². The third-order valence-corrected chi connectivity index (χ3v) is 6.83. The molecule has 1 aromatic heterocycles. The molecule has 2 aliphatic rings. The second-order valence-corrected chi connectivity index (χ2v) is 9.13. The molecule has 2 fully saturated rings. The monoisotopic (exact) mass is 528 g/mol. The molecular weight excluding hydrogens is 505 g/mol. The average molecular weight is 528 g/mol. The average Bonchev–Trinajstić information content (AvgIpc) is 3.33. The van der Waals surface area contributed by atoms with Crippen molar-refractivity contribution >= 4 is 46.2 Å². The van der Waals surface area contributed by atoms with Gasteiger partial charge in [0.05, 0.1) is 16.8 Å². The summed E-state index contributed by atoms with van der Waals surface area (Å²) in [7, 11) is 0. The van der Waals surface area contributed by atoms with Gasteiger partial charge in [-0.1, -0.05) is 6.07 Å². The molecule has 0 spiro atoms. The summed E-state index contributed by atoms with van der Waals surface area (Å²) in [6.07, 6.45) is -1.36. The van der Waals surface area contributed by atoms with Gasteiger partial charge in [-0.05, 0) is 55.3 Å². The molecule has 3 heterocycles. The zero-order chi connectivity index (χ0) is 27.0. The highest BCUT2D eigenvalue weighted by Crippen LogP contribution is 2.34. The summed E-state index contributed by atoms with van der Waals surface area (Å²) >= 11 is 0. The van der Waals surface area contributed by atoms with Crippen LogP contribution in [0.25, 0.3) is 10.9 Å². The maximum Gasteiger partial charge on any atom is 0.491 e. The normalized spacial score (nSPS) is 17.0. The zero-order valence-corrected chi connectivity index (χ0v) is 20.0. The molecule has 0 unspecified atom stereocenters. The van der Waals surface area contributed by atoms with Crippen molar-refractivity contribution in [3.05, 3.63) is 60.3 Å². The molecule has 1 N–H and O–H groups in total. The number of hydrogen-bond acceptors (Lipinski definition) is 6. The first-order chi connectivity index (χ1) is 18.1. The van der Waals surface area contributed by atoms with Crippen molar-refractivity contribution in [1.82, 2.24) is 9.88 Å². The first-order valence-corrected chi connectivity index (χ1v) is 12.0. The highest BCUT2D eigenvalue weighted by molar-refractivity contribution is 6.09. The van der Waals surface area contributed by atoms with E-state index in [1.54, 1.807) is 17.0 Å². The number of benzene rings is 2. The fraction of sp³-hybridized carbons (Fsp3) is 0.308. The Bertz CT molecular complexity index is 1410. The van der Waals surface area contributed by atoms with Crippen LogP contribution in [0.4, 0.5) is 29.3 Å². The number of imide groups is 1. The van der Waals surface area contributed by atoms with Gasteiger partial charge in [0.2, 0.25) is 5.91 Å². The summed E-state index contributed by atoms with van der Waals surface area (Å²) in [5, 5.41) is 3.28. The maximum atomic E-state index is 12.4. The van der Waals surface area contributed by atoms with Crippen molar-refractivity contribution in [3.8, 4) is 0 Å². The number of halogens is 3. The van der Waals surface area contributed by atoms with Gasteiger partial charge in [-0.25, -0.2) is 14.4 Å². The number of carbonyl (C=O) groups excluding carboxylic acids is 4. The fourth-order valence-corrected chi connectivity index (χ4v) is 4.93. The number of alkyl halides is 3. The lowest BCUT2D eigenvalue weighted by atomic mass is 10.0. The van der Waals surface area contributed by atoms with Crippen LogP contribution in [0.3, 0.4) is 0 Å². The molecule has 2 aromatic carbocycles. The Labute approximate surface area is 214 Å². The van der Waals surface area contributed by atoms with Crippen molar-refractivity contribution in [1.29, 1.82) is 0 Å². The van der Waals surface area contributed by atoms with Gasteiger partial charge in [-0.3, -0.25) is 15.0 Å². The Hall–Kier alpha value is -4.35. The van der Waals surface area contributed by atoms with Crippen molar-refractivity contribution in [3.63, 3.8) is 0 Å². The SMILES string of the molecule is O=C1CCN(c2cccc3c2ccn3C2CCN(c3ccc(C(=O)OC(=O)C(F)(F)F)cc3)CC2)C(=O)N1. The number of rotatable bonds is 4. The summed E-state index contributed by atoms with van der Waals surface area (Å²) in [6, 6.07) is 13.4. The molecule has 0 aliphatic carbocycles. The topological polar surface area (TPSA) is 101 Å². The Kier molecular flexibility index (Phi) is 6.55. The molecule has 2 saturated heterocycles. The fourth-order valence-electron chi connectivity index (χ4n) is 4.93. The van der Waals surface area contributed by atoms with Crippen molar-refractivity contribution in [2.45, 2.75) is 31.5 Å². The highest BCUT2D eigenvalue weighted by atomic mass is 19.4. The van der Waals surface area contributed by atoms with E-state index in [0.717, 1.165) is 35.1 Å². The largest absolute Gasteiger partial charge is 0.491 e. The number of amides is 3. The van der Waals surface area contributed by atoms with E-state index in [-0.39, 0.29) is 23.9 Å². The molecule has 0 radical (unpaired) electrons. The molecule has 3 amide bonds. The van der Waals surface area contributed by atoms with Crippen LogP contribution in [0.1, 0.15) is 35.7 Å². The molecule has 9 nitrogen and oxygen atoms in total. The number of ether oxygens (including phenoxy) is 1. The van der Waals surface area contributed by atoms with Gasteiger partial charge < -0.3 is 14.2 Å². The number of piperidine rings is 1. The van der Waals surface area contributed by atoms with Gasteiger partial charge in [0, 0.05) is 49.4 Å².